The van der Waals surface area contributed by atoms with Crippen molar-refractivity contribution in [1.29, 1.82) is 15.8 Å². The van der Waals surface area contributed by atoms with Crippen molar-refractivity contribution in [1.82, 2.24) is 0 Å². The van der Waals surface area contributed by atoms with E-state index in [1.165, 1.54) is 0 Å². The van der Waals surface area contributed by atoms with Crippen LogP contribution in [0.25, 0.3) is 0 Å². The van der Waals surface area contributed by atoms with Gasteiger partial charge in [-0.25, -0.2) is 0 Å². The maximum absolute atomic E-state index is 9.84. The van der Waals surface area contributed by atoms with Gasteiger partial charge in [-0.2, -0.15) is 15.8 Å². The van der Waals surface area contributed by atoms with Crippen LogP contribution in [0, 0.1) is 51.2 Å². The van der Waals surface area contributed by atoms with Gasteiger partial charge < -0.3 is 10.5 Å². The van der Waals surface area contributed by atoms with Crippen molar-refractivity contribution in [3.8, 4) is 24.0 Å². The largest absolute Gasteiger partial charge is 0.497 e. The number of nitriles is 3. The molecule has 2 N–H and O–H groups in total. The van der Waals surface area contributed by atoms with Gasteiger partial charge in [0.1, 0.15) is 5.75 Å². The van der Waals surface area contributed by atoms with Crippen LogP contribution in [0.15, 0.2) is 47.2 Å². The third kappa shape index (κ3) is 2.43. The van der Waals surface area contributed by atoms with Crippen LogP contribution in [0.5, 0.6) is 5.75 Å². The minimum atomic E-state index is -1.55. The molecule has 0 saturated heterocycles. The maximum Gasteiger partial charge on any atom is 0.204 e. The monoisotopic (exact) mass is 344 g/mol. The van der Waals surface area contributed by atoms with Crippen LogP contribution in [-0.2, 0) is 0 Å². The van der Waals surface area contributed by atoms with Gasteiger partial charge in [-0.05, 0) is 47.9 Å². The number of fused-ring (bicyclic) bond motifs is 1. The molecule has 2 aliphatic rings. The lowest BCUT2D eigenvalue weighted by Crippen LogP contribution is -2.41. The van der Waals surface area contributed by atoms with Gasteiger partial charge in [-0.15, -0.1) is 0 Å². The van der Waals surface area contributed by atoms with Crippen LogP contribution in [0.3, 0.4) is 0 Å². The molecule has 0 amide bonds. The molecule has 26 heavy (non-hydrogen) atoms. The van der Waals surface area contributed by atoms with E-state index in [9.17, 15) is 15.8 Å². The van der Waals surface area contributed by atoms with Gasteiger partial charge in [0.15, 0.2) is 0 Å². The Balaban J connectivity index is 2.30. The van der Waals surface area contributed by atoms with Crippen LogP contribution in [0.2, 0.25) is 0 Å². The molecule has 0 unspecified atom stereocenters. The molecule has 2 aliphatic carbocycles. The lowest BCUT2D eigenvalue weighted by Gasteiger charge is -2.43. The molecule has 1 aromatic carbocycles. The predicted octanol–water partition coefficient (Wildman–Crippen LogP) is 3.53. The lowest BCUT2D eigenvalue weighted by molar-refractivity contribution is 0.333. The molecule has 5 heteroatoms. The fourth-order valence-electron chi connectivity index (χ4n) is 4.25. The zero-order chi connectivity index (χ0) is 18.9. The molecule has 0 fully saturated rings. The quantitative estimate of drug-likeness (QED) is 0.826. The number of ether oxygens (including phenoxy) is 1. The summed E-state index contributed by atoms with van der Waals surface area (Å²) >= 11 is 0. The van der Waals surface area contributed by atoms with Gasteiger partial charge in [0, 0.05) is 5.92 Å². The van der Waals surface area contributed by atoms with E-state index in [-0.39, 0.29) is 17.5 Å². The summed E-state index contributed by atoms with van der Waals surface area (Å²) in [5, 5.41) is 29.5. The number of methoxy groups -OCH3 is 1. The Hall–Kier alpha value is -3.23. The molecular weight excluding hydrogens is 324 g/mol. The SMILES string of the molecule is COc1cccc([C@H]2C(C#N)=C(N)C(C#N)(C#N)C3=CC[C@@H](C)C[C@@H]32)c1. The number of hydrogen-bond acceptors (Lipinski definition) is 5. The van der Waals surface area contributed by atoms with E-state index >= 15 is 0 Å². The Morgan fingerprint density at radius 1 is 1.23 bits per heavy atom. The minimum absolute atomic E-state index is 0.0647. The predicted molar refractivity (Wildman–Crippen MR) is 96.2 cm³/mol. The van der Waals surface area contributed by atoms with Gasteiger partial charge in [0.05, 0.1) is 36.6 Å². The van der Waals surface area contributed by atoms with Gasteiger partial charge in [-0.3, -0.25) is 0 Å². The normalized spacial score (nSPS) is 26.6. The zero-order valence-electron chi connectivity index (χ0n) is 14.9. The molecule has 0 spiro atoms. The average molecular weight is 344 g/mol. The molecule has 0 bridgehead atoms. The summed E-state index contributed by atoms with van der Waals surface area (Å²) in [6.07, 6.45) is 3.59. The van der Waals surface area contributed by atoms with E-state index in [2.05, 4.69) is 25.1 Å². The highest BCUT2D eigenvalue weighted by atomic mass is 16.5. The number of nitrogens with two attached hydrogens (primary N) is 1. The van der Waals surface area contributed by atoms with Crippen LogP contribution >= 0.6 is 0 Å². The first-order valence-electron chi connectivity index (χ1n) is 8.59. The molecule has 3 rings (SSSR count). The first-order chi connectivity index (χ1) is 12.5. The standard InChI is InChI=1S/C21H20N4O/c1-13-6-7-18-16(8-13)19(14-4-3-5-15(9-14)26-2)17(10-22)20(25)21(18,11-23)12-24/h3-5,7,9,13,16,19H,6,8,25H2,1-2H3/t13-,16+,19-/m1/s1. The number of allylic oxidation sites excluding steroid dienone is 3. The highest BCUT2D eigenvalue weighted by Crippen LogP contribution is 2.55. The molecule has 0 radical (unpaired) electrons. The molecule has 1 aromatic rings. The van der Waals surface area contributed by atoms with E-state index in [1.54, 1.807) is 7.11 Å². The highest BCUT2D eigenvalue weighted by Gasteiger charge is 2.52. The van der Waals surface area contributed by atoms with Gasteiger partial charge in [-0.1, -0.05) is 25.1 Å². The second-order valence-corrected chi connectivity index (χ2v) is 7.01. The fraction of sp³-hybridized carbons (Fsp3) is 0.381. The van der Waals surface area contributed by atoms with E-state index in [0.29, 0.717) is 17.2 Å². The van der Waals surface area contributed by atoms with Gasteiger partial charge >= 0.3 is 0 Å². The molecule has 5 nitrogen and oxygen atoms in total. The maximum atomic E-state index is 9.84. The first-order valence-corrected chi connectivity index (χ1v) is 8.59. The van der Waals surface area contributed by atoms with E-state index in [4.69, 9.17) is 10.5 Å². The van der Waals surface area contributed by atoms with Crippen molar-refractivity contribution in [2.45, 2.75) is 25.7 Å². The van der Waals surface area contributed by atoms with Crippen molar-refractivity contribution >= 4 is 0 Å². The van der Waals surface area contributed by atoms with Crippen molar-refractivity contribution in [2.75, 3.05) is 7.11 Å². The molecule has 0 aromatic heterocycles. The van der Waals surface area contributed by atoms with Crippen molar-refractivity contribution < 1.29 is 4.74 Å². The summed E-state index contributed by atoms with van der Waals surface area (Å²) in [6.45, 7) is 2.14. The van der Waals surface area contributed by atoms with Crippen molar-refractivity contribution in [3.05, 3.63) is 52.7 Å². The summed E-state index contributed by atoms with van der Waals surface area (Å²) in [7, 11) is 1.60. The molecule has 0 aliphatic heterocycles. The Kier molecular flexibility index (Phi) is 4.45. The summed E-state index contributed by atoms with van der Waals surface area (Å²) in [5.41, 5.74) is 6.76. The van der Waals surface area contributed by atoms with Gasteiger partial charge in [0.2, 0.25) is 5.41 Å². The number of rotatable bonds is 2. The van der Waals surface area contributed by atoms with Crippen LogP contribution in [0.4, 0.5) is 0 Å². The van der Waals surface area contributed by atoms with E-state index < -0.39 is 5.41 Å². The number of benzene rings is 1. The van der Waals surface area contributed by atoms with Crippen molar-refractivity contribution in [3.63, 3.8) is 0 Å². The fourth-order valence-corrected chi connectivity index (χ4v) is 4.25. The minimum Gasteiger partial charge on any atom is -0.497 e. The Morgan fingerprint density at radius 2 is 1.96 bits per heavy atom. The molecule has 0 heterocycles. The Bertz CT molecular complexity index is 909. The molecule has 0 saturated carbocycles. The van der Waals surface area contributed by atoms with Gasteiger partial charge in [0.25, 0.3) is 0 Å². The number of nitrogens with zero attached hydrogens (tertiary/aromatic N) is 3. The first kappa shape index (κ1) is 17.6. The van der Waals surface area contributed by atoms with Crippen LogP contribution in [0.1, 0.15) is 31.2 Å². The third-order valence-electron chi connectivity index (χ3n) is 5.55. The topological polar surface area (TPSA) is 107 Å². The summed E-state index contributed by atoms with van der Waals surface area (Å²) in [5.74, 6) is 0.724. The van der Waals surface area contributed by atoms with Crippen LogP contribution < -0.4 is 10.5 Å². The summed E-state index contributed by atoms with van der Waals surface area (Å²) in [6, 6.07) is 14.0. The Labute approximate surface area is 153 Å². The third-order valence-corrected chi connectivity index (χ3v) is 5.55. The second-order valence-electron chi connectivity index (χ2n) is 7.01. The highest BCUT2D eigenvalue weighted by molar-refractivity contribution is 5.58. The molecule has 3 atom stereocenters. The number of hydrogen-bond donors (Lipinski definition) is 1. The Morgan fingerprint density at radius 3 is 2.58 bits per heavy atom. The summed E-state index contributed by atoms with van der Waals surface area (Å²) < 4.78 is 5.33. The van der Waals surface area contributed by atoms with E-state index in [1.807, 2.05) is 30.3 Å². The zero-order valence-corrected chi connectivity index (χ0v) is 14.9. The molecule has 130 valence electrons. The summed E-state index contributed by atoms with van der Waals surface area (Å²) in [4.78, 5) is 0. The van der Waals surface area contributed by atoms with Crippen molar-refractivity contribution in [2.24, 2.45) is 23.0 Å². The average Bonchev–Trinajstić information content (AvgIpc) is 2.67. The van der Waals surface area contributed by atoms with E-state index in [0.717, 1.165) is 24.0 Å². The second kappa shape index (κ2) is 6.58. The lowest BCUT2D eigenvalue weighted by atomic mass is 9.57. The smallest absolute Gasteiger partial charge is 0.204 e. The van der Waals surface area contributed by atoms with Crippen LogP contribution in [-0.4, -0.2) is 7.11 Å². The molecular formula is C21H20N4O.